The molecule has 8 heteroatoms. The molecule has 0 amide bonds. The van der Waals surface area contributed by atoms with Gasteiger partial charge < -0.3 is 20.6 Å². The lowest BCUT2D eigenvalue weighted by Crippen LogP contribution is -2.47. The number of benzene rings is 1. The summed E-state index contributed by atoms with van der Waals surface area (Å²) in [5.41, 5.74) is 6.32. The summed E-state index contributed by atoms with van der Waals surface area (Å²) in [5.74, 6) is 1.13. The number of nitrogens with one attached hydrogen (secondary N) is 1. The number of phenols is 1. The molecule has 1 aliphatic heterocycles. The summed E-state index contributed by atoms with van der Waals surface area (Å²) in [6, 6.07) is 5.16. The standard InChI is InChI=1S/C12H15ClN6O/c13-8-1-2-9(10(20)7-8)18-3-5-19(6-4-18)12-15-11(14)16-17-12/h1-2,7,20H,3-6H2,(H3,14,15,16,17). The largest absolute Gasteiger partial charge is 0.506 e. The third-order valence-corrected chi connectivity index (χ3v) is 3.57. The number of hydrogen-bond donors (Lipinski definition) is 3. The molecule has 7 nitrogen and oxygen atoms in total. The van der Waals surface area contributed by atoms with Crippen molar-refractivity contribution in [2.45, 2.75) is 0 Å². The van der Waals surface area contributed by atoms with E-state index in [1.807, 2.05) is 6.07 Å². The number of hydrogen-bond acceptors (Lipinski definition) is 6. The average Bonchev–Trinajstić information content (AvgIpc) is 2.86. The first-order valence-electron chi connectivity index (χ1n) is 6.30. The Morgan fingerprint density at radius 2 is 1.90 bits per heavy atom. The second-order valence-corrected chi connectivity index (χ2v) is 5.06. The van der Waals surface area contributed by atoms with Gasteiger partial charge in [0.05, 0.1) is 5.69 Å². The van der Waals surface area contributed by atoms with Crippen LogP contribution in [-0.4, -0.2) is 46.5 Å². The summed E-state index contributed by atoms with van der Waals surface area (Å²) < 4.78 is 0. The quantitative estimate of drug-likeness (QED) is 0.767. The Morgan fingerprint density at radius 3 is 2.50 bits per heavy atom. The fraction of sp³-hybridized carbons (Fsp3) is 0.333. The molecule has 1 aliphatic rings. The molecule has 20 heavy (non-hydrogen) atoms. The van der Waals surface area contributed by atoms with E-state index in [1.165, 1.54) is 0 Å². The van der Waals surface area contributed by atoms with Crippen LogP contribution in [0.3, 0.4) is 0 Å². The number of nitrogen functional groups attached to an aromatic ring is 1. The zero-order valence-electron chi connectivity index (χ0n) is 10.8. The van der Waals surface area contributed by atoms with Crippen LogP contribution in [0.1, 0.15) is 0 Å². The van der Waals surface area contributed by atoms with E-state index in [0.717, 1.165) is 31.9 Å². The fourth-order valence-electron chi connectivity index (χ4n) is 2.32. The van der Waals surface area contributed by atoms with Crippen LogP contribution in [0.4, 0.5) is 17.6 Å². The lowest BCUT2D eigenvalue weighted by molar-refractivity contribution is 0.472. The Kier molecular flexibility index (Phi) is 3.27. The molecule has 3 rings (SSSR count). The smallest absolute Gasteiger partial charge is 0.246 e. The van der Waals surface area contributed by atoms with Crippen LogP contribution in [0.2, 0.25) is 5.02 Å². The molecule has 1 aromatic heterocycles. The Morgan fingerprint density at radius 1 is 1.20 bits per heavy atom. The predicted octanol–water partition coefficient (Wildman–Crippen LogP) is 1.07. The number of nitrogens with two attached hydrogens (primary N) is 1. The van der Waals surface area contributed by atoms with E-state index in [1.54, 1.807) is 12.1 Å². The van der Waals surface area contributed by atoms with E-state index in [4.69, 9.17) is 17.3 Å². The van der Waals surface area contributed by atoms with Gasteiger partial charge in [0.15, 0.2) is 0 Å². The van der Waals surface area contributed by atoms with Gasteiger partial charge in [-0.2, -0.15) is 4.98 Å². The zero-order chi connectivity index (χ0) is 14.1. The lowest BCUT2D eigenvalue weighted by Gasteiger charge is -2.35. The third kappa shape index (κ3) is 2.44. The van der Waals surface area contributed by atoms with Crippen LogP contribution in [0.25, 0.3) is 0 Å². The van der Waals surface area contributed by atoms with Crippen molar-refractivity contribution in [2.75, 3.05) is 41.7 Å². The molecule has 2 aromatic rings. The van der Waals surface area contributed by atoms with Gasteiger partial charge in [0.2, 0.25) is 11.9 Å². The van der Waals surface area contributed by atoms with Crippen LogP contribution >= 0.6 is 11.6 Å². The second kappa shape index (κ2) is 5.09. The van der Waals surface area contributed by atoms with Gasteiger partial charge in [-0.05, 0) is 12.1 Å². The SMILES string of the molecule is Nc1nc(N2CCN(c3ccc(Cl)cc3O)CC2)n[nH]1. The van der Waals surface area contributed by atoms with E-state index in [0.29, 0.717) is 16.9 Å². The summed E-state index contributed by atoms with van der Waals surface area (Å²) in [4.78, 5) is 8.27. The van der Waals surface area contributed by atoms with Crippen molar-refractivity contribution in [3.63, 3.8) is 0 Å². The van der Waals surface area contributed by atoms with Gasteiger partial charge >= 0.3 is 0 Å². The summed E-state index contributed by atoms with van der Waals surface area (Å²) >= 11 is 5.84. The number of piperazine rings is 1. The molecule has 0 saturated carbocycles. The van der Waals surface area contributed by atoms with Crippen molar-refractivity contribution in [1.29, 1.82) is 0 Å². The average molecular weight is 295 g/mol. The number of aromatic nitrogens is 3. The minimum absolute atomic E-state index is 0.202. The van der Waals surface area contributed by atoms with Crippen LogP contribution in [0, 0.1) is 0 Å². The van der Waals surface area contributed by atoms with Crippen molar-refractivity contribution >= 4 is 29.2 Å². The fourth-order valence-corrected chi connectivity index (χ4v) is 2.48. The summed E-state index contributed by atoms with van der Waals surface area (Å²) in [7, 11) is 0. The van der Waals surface area contributed by atoms with E-state index >= 15 is 0 Å². The van der Waals surface area contributed by atoms with Crippen LogP contribution in [0.15, 0.2) is 18.2 Å². The molecule has 0 aliphatic carbocycles. The molecule has 0 atom stereocenters. The van der Waals surface area contributed by atoms with Gasteiger partial charge in [-0.25, -0.2) is 5.10 Å². The maximum absolute atomic E-state index is 9.94. The van der Waals surface area contributed by atoms with Crippen molar-refractivity contribution < 1.29 is 5.11 Å². The van der Waals surface area contributed by atoms with Crippen molar-refractivity contribution in [3.8, 4) is 5.75 Å². The molecular formula is C12H15ClN6O. The van der Waals surface area contributed by atoms with Crippen LogP contribution < -0.4 is 15.5 Å². The second-order valence-electron chi connectivity index (χ2n) is 4.63. The van der Waals surface area contributed by atoms with Gasteiger partial charge in [-0.1, -0.05) is 11.6 Å². The number of rotatable bonds is 2. The van der Waals surface area contributed by atoms with Gasteiger partial charge in [0.1, 0.15) is 5.75 Å². The number of halogens is 1. The normalized spacial score (nSPS) is 15.7. The van der Waals surface area contributed by atoms with Crippen LogP contribution in [0.5, 0.6) is 5.75 Å². The number of aromatic amines is 1. The first kappa shape index (κ1) is 12.9. The minimum Gasteiger partial charge on any atom is -0.506 e. The van der Waals surface area contributed by atoms with Crippen molar-refractivity contribution in [2.24, 2.45) is 0 Å². The molecule has 106 valence electrons. The molecular weight excluding hydrogens is 280 g/mol. The molecule has 0 radical (unpaired) electrons. The van der Waals surface area contributed by atoms with E-state index in [2.05, 4.69) is 25.0 Å². The first-order valence-corrected chi connectivity index (χ1v) is 6.67. The molecule has 1 saturated heterocycles. The molecule has 1 aromatic carbocycles. The van der Waals surface area contributed by atoms with Crippen LogP contribution in [-0.2, 0) is 0 Å². The molecule has 0 spiro atoms. The van der Waals surface area contributed by atoms with Gasteiger partial charge in [-0.3, -0.25) is 0 Å². The summed E-state index contributed by atoms with van der Waals surface area (Å²) in [5, 5.41) is 17.1. The number of anilines is 3. The van der Waals surface area contributed by atoms with Gasteiger partial charge in [-0.15, -0.1) is 5.10 Å². The summed E-state index contributed by atoms with van der Waals surface area (Å²) in [6.07, 6.45) is 0. The molecule has 1 fully saturated rings. The lowest BCUT2D eigenvalue weighted by atomic mass is 10.2. The minimum atomic E-state index is 0.202. The van der Waals surface area contributed by atoms with Crippen molar-refractivity contribution in [3.05, 3.63) is 23.2 Å². The molecule has 0 bridgehead atoms. The molecule has 0 unspecified atom stereocenters. The third-order valence-electron chi connectivity index (χ3n) is 3.33. The molecule has 2 heterocycles. The van der Waals surface area contributed by atoms with E-state index in [-0.39, 0.29) is 5.75 Å². The maximum atomic E-state index is 9.94. The van der Waals surface area contributed by atoms with E-state index in [9.17, 15) is 5.11 Å². The highest BCUT2D eigenvalue weighted by atomic mass is 35.5. The summed E-state index contributed by atoms with van der Waals surface area (Å²) in [6.45, 7) is 3.06. The highest BCUT2D eigenvalue weighted by molar-refractivity contribution is 6.30. The number of phenolic OH excluding ortho intramolecular Hbond substituents is 1. The number of nitrogens with zero attached hydrogens (tertiary/aromatic N) is 4. The monoisotopic (exact) mass is 294 g/mol. The topological polar surface area (TPSA) is 94.3 Å². The highest BCUT2D eigenvalue weighted by Gasteiger charge is 2.21. The maximum Gasteiger partial charge on any atom is 0.246 e. The number of H-pyrrole nitrogens is 1. The van der Waals surface area contributed by atoms with Gasteiger partial charge in [0.25, 0.3) is 0 Å². The zero-order valence-corrected chi connectivity index (χ0v) is 11.5. The Bertz CT molecular complexity index is 608. The first-order chi connectivity index (χ1) is 9.63. The Labute approximate surface area is 121 Å². The predicted molar refractivity (Wildman–Crippen MR) is 78.3 cm³/mol. The Hall–Kier alpha value is -2.15. The van der Waals surface area contributed by atoms with E-state index < -0.39 is 0 Å². The van der Waals surface area contributed by atoms with Crippen molar-refractivity contribution in [1.82, 2.24) is 15.2 Å². The Balaban J connectivity index is 1.69. The highest BCUT2D eigenvalue weighted by Crippen LogP contribution is 2.30. The molecule has 4 N–H and O–H groups in total. The number of aromatic hydroxyl groups is 1. The van der Waals surface area contributed by atoms with Gasteiger partial charge in [0, 0.05) is 37.3 Å².